The quantitative estimate of drug-likeness (QED) is 0.490. The predicted molar refractivity (Wildman–Crippen MR) is 79.1 cm³/mol. The van der Waals surface area contributed by atoms with E-state index in [0.717, 1.165) is 19.7 Å². The fraction of sp³-hybridized carbons (Fsp3) is 1.00. The third-order valence-corrected chi connectivity index (χ3v) is 4.04. The van der Waals surface area contributed by atoms with Crippen LogP contribution in [0.2, 0.25) is 0 Å². The summed E-state index contributed by atoms with van der Waals surface area (Å²) in [7, 11) is 0. The van der Waals surface area contributed by atoms with Crippen LogP contribution in [0.1, 0.15) is 78.1 Å². The predicted octanol–water partition coefficient (Wildman–Crippen LogP) is 4.29. The lowest BCUT2D eigenvalue weighted by Crippen LogP contribution is -2.43. The molecule has 0 aromatic carbocycles. The van der Waals surface area contributed by atoms with E-state index in [0.29, 0.717) is 0 Å². The normalized spacial score (nSPS) is 19.7. The van der Waals surface area contributed by atoms with Crippen molar-refractivity contribution in [2.45, 2.75) is 83.7 Å². The van der Waals surface area contributed by atoms with E-state index in [4.69, 9.17) is 4.74 Å². The number of nitrogens with one attached hydrogen (secondary N) is 1. The molecule has 1 aliphatic carbocycles. The van der Waals surface area contributed by atoms with Crippen LogP contribution in [0.25, 0.3) is 0 Å². The maximum Gasteiger partial charge on any atom is 0.0806 e. The molecule has 0 atom stereocenters. The molecule has 0 spiro atoms. The Kier molecular flexibility index (Phi) is 8.70. The van der Waals surface area contributed by atoms with Gasteiger partial charge in [0.05, 0.1) is 5.60 Å². The van der Waals surface area contributed by atoms with Gasteiger partial charge in [0.25, 0.3) is 0 Å². The minimum atomic E-state index is 0.152. The maximum absolute atomic E-state index is 6.34. The van der Waals surface area contributed by atoms with Crippen molar-refractivity contribution >= 4 is 0 Å². The molecule has 2 nitrogen and oxygen atoms in total. The number of hydrogen-bond acceptors (Lipinski definition) is 2. The lowest BCUT2D eigenvalue weighted by atomic mass is 9.94. The molecular formula is C16H33NO. The van der Waals surface area contributed by atoms with Gasteiger partial charge in [-0.2, -0.15) is 0 Å². The molecule has 0 amide bonds. The summed E-state index contributed by atoms with van der Waals surface area (Å²) < 4.78 is 6.34. The van der Waals surface area contributed by atoms with Crippen LogP contribution in [0.4, 0.5) is 0 Å². The first-order chi connectivity index (χ1) is 8.83. The minimum absolute atomic E-state index is 0.152. The highest BCUT2D eigenvalue weighted by atomic mass is 16.5. The Bertz CT molecular complexity index is 186. The van der Waals surface area contributed by atoms with Crippen molar-refractivity contribution in [3.05, 3.63) is 0 Å². The van der Waals surface area contributed by atoms with Crippen LogP contribution < -0.4 is 5.32 Å². The molecule has 1 N–H and O–H groups in total. The van der Waals surface area contributed by atoms with E-state index in [9.17, 15) is 0 Å². The van der Waals surface area contributed by atoms with E-state index in [2.05, 4.69) is 19.2 Å². The molecule has 0 aliphatic heterocycles. The largest absolute Gasteiger partial charge is 0.374 e. The van der Waals surface area contributed by atoms with E-state index in [1.165, 1.54) is 64.2 Å². The van der Waals surface area contributed by atoms with Gasteiger partial charge in [-0.15, -0.1) is 0 Å². The first-order valence-corrected chi connectivity index (χ1v) is 8.17. The summed E-state index contributed by atoms with van der Waals surface area (Å²) in [4.78, 5) is 0. The number of ether oxygens (including phenoxy) is 1. The van der Waals surface area contributed by atoms with Gasteiger partial charge < -0.3 is 10.1 Å². The van der Waals surface area contributed by atoms with Gasteiger partial charge in [-0.3, -0.25) is 0 Å². The highest BCUT2D eigenvalue weighted by Crippen LogP contribution is 2.30. The topological polar surface area (TPSA) is 21.3 Å². The molecule has 0 bridgehead atoms. The van der Waals surface area contributed by atoms with Gasteiger partial charge in [-0.25, -0.2) is 0 Å². The van der Waals surface area contributed by atoms with Crippen molar-refractivity contribution in [1.82, 2.24) is 5.32 Å². The zero-order valence-electron chi connectivity index (χ0n) is 12.6. The molecule has 0 saturated heterocycles. The van der Waals surface area contributed by atoms with Crippen LogP contribution in [0.15, 0.2) is 0 Å². The summed E-state index contributed by atoms with van der Waals surface area (Å²) in [6.07, 6.45) is 13.0. The van der Waals surface area contributed by atoms with E-state index in [1.54, 1.807) is 0 Å². The lowest BCUT2D eigenvalue weighted by Gasteiger charge is -2.33. The minimum Gasteiger partial charge on any atom is -0.374 e. The van der Waals surface area contributed by atoms with Crippen LogP contribution in [-0.4, -0.2) is 25.3 Å². The second-order valence-corrected chi connectivity index (χ2v) is 5.83. The highest BCUT2D eigenvalue weighted by Gasteiger charge is 2.31. The zero-order valence-corrected chi connectivity index (χ0v) is 12.6. The average molecular weight is 255 g/mol. The van der Waals surface area contributed by atoms with Crippen LogP contribution in [-0.2, 0) is 4.74 Å². The fourth-order valence-corrected chi connectivity index (χ4v) is 2.88. The maximum atomic E-state index is 6.34. The summed E-state index contributed by atoms with van der Waals surface area (Å²) in [5.74, 6) is 0. The highest BCUT2D eigenvalue weighted by molar-refractivity contribution is 4.85. The van der Waals surface area contributed by atoms with E-state index in [1.807, 2.05) is 0 Å². The van der Waals surface area contributed by atoms with Crippen molar-refractivity contribution in [1.29, 1.82) is 0 Å². The Hall–Kier alpha value is -0.0800. The number of rotatable bonds is 9. The molecule has 108 valence electrons. The second kappa shape index (κ2) is 9.80. The van der Waals surface area contributed by atoms with Crippen molar-refractivity contribution in [3.63, 3.8) is 0 Å². The zero-order chi connectivity index (χ0) is 13.1. The third-order valence-electron chi connectivity index (χ3n) is 4.04. The van der Waals surface area contributed by atoms with E-state index in [-0.39, 0.29) is 5.60 Å². The van der Waals surface area contributed by atoms with Crippen molar-refractivity contribution < 1.29 is 4.74 Å². The van der Waals surface area contributed by atoms with Gasteiger partial charge in [0.2, 0.25) is 0 Å². The SMILES string of the molecule is CCCCCOC1(CNCCC)CCCCCC1. The Balaban J connectivity index is 2.38. The summed E-state index contributed by atoms with van der Waals surface area (Å²) in [6.45, 7) is 7.63. The summed E-state index contributed by atoms with van der Waals surface area (Å²) in [5.41, 5.74) is 0.152. The molecule has 0 aromatic rings. The molecule has 1 saturated carbocycles. The molecule has 18 heavy (non-hydrogen) atoms. The number of unbranched alkanes of at least 4 members (excludes halogenated alkanes) is 2. The van der Waals surface area contributed by atoms with Crippen LogP contribution in [0.3, 0.4) is 0 Å². The molecule has 2 heteroatoms. The summed E-state index contributed by atoms with van der Waals surface area (Å²) >= 11 is 0. The standard InChI is InChI=1S/C16H33NO/c1-3-5-10-14-18-16(15-17-13-4-2)11-8-6-7-9-12-16/h17H,3-15H2,1-2H3. The molecule has 1 fully saturated rings. The second-order valence-electron chi connectivity index (χ2n) is 5.83. The Morgan fingerprint density at radius 2 is 1.67 bits per heavy atom. The average Bonchev–Trinajstić information content (AvgIpc) is 2.62. The van der Waals surface area contributed by atoms with Crippen molar-refractivity contribution in [2.75, 3.05) is 19.7 Å². The first-order valence-electron chi connectivity index (χ1n) is 8.17. The van der Waals surface area contributed by atoms with Crippen LogP contribution in [0.5, 0.6) is 0 Å². The van der Waals surface area contributed by atoms with Crippen molar-refractivity contribution in [3.8, 4) is 0 Å². The molecular weight excluding hydrogens is 222 g/mol. The third kappa shape index (κ3) is 6.19. The Morgan fingerprint density at radius 1 is 0.944 bits per heavy atom. The molecule has 0 aromatic heterocycles. The lowest BCUT2D eigenvalue weighted by molar-refractivity contribution is -0.0561. The summed E-state index contributed by atoms with van der Waals surface area (Å²) in [6, 6.07) is 0. The monoisotopic (exact) mass is 255 g/mol. The van der Waals surface area contributed by atoms with Gasteiger partial charge >= 0.3 is 0 Å². The Labute approximate surface area is 114 Å². The van der Waals surface area contributed by atoms with Crippen molar-refractivity contribution in [2.24, 2.45) is 0 Å². The van der Waals surface area contributed by atoms with Gasteiger partial charge in [0.1, 0.15) is 0 Å². The van der Waals surface area contributed by atoms with Gasteiger partial charge in [-0.1, -0.05) is 52.4 Å². The number of hydrogen-bond donors (Lipinski definition) is 1. The van der Waals surface area contributed by atoms with E-state index < -0.39 is 0 Å². The molecule has 1 aliphatic rings. The fourth-order valence-electron chi connectivity index (χ4n) is 2.88. The molecule has 0 heterocycles. The first kappa shape index (κ1) is 16.0. The van der Waals surface area contributed by atoms with Crippen LogP contribution in [0, 0.1) is 0 Å². The summed E-state index contributed by atoms with van der Waals surface area (Å²) in [5, 5.41) is 3.59. The molecule has 0 radical (unpaired) electrons. The van der Waals surface area contributed by atoms with Gasteiger partial charge in [0.15, 0.2) is 0 Å². The van der Waals surface area contributed by atoms with Gasteiger partial charge in [-0.05, 0) is 32.2 Å². The van der Waals surface area contributed by atoms with E-state index >= 15 is 0 Å². The molecule has 0 unspecified atom stereocenters. The van der Waals surface area contributed by atoms with Crippen LogP contribution >= 0.6 is 0 Å². The smallest absolute Gasteiger partial charge is 0.0806 e. The van der Waals surface area contributed by atoms with Gasteiger partial charge in [0, 0.05) is 13.2 Å². The Morgan fingerprint density at radius 3 is 2.28 bits per heavy atom. The molecule has 1 rings (SSSR count).